The fourth-order valence-electron chi connectivity index (χ4n) is 9.73. The normalized spacial score (nSPS) is 43.8. The lowest BCUT2D eigenvalue weighted by atomic mass is 9.33. The quantitative estimate of drug-likeness (QED) is 0.608. The molecule has 2 heterocycles. The van der Waals surface area contributed by atoms with Crippen molar-refractivity contribution in [2.24, 2.45) is 22.7 Å². The molecule has 2 spiro atoms. The van der Waals surface area contributed by atoms with Crippen LogP contribution >= 0.6 is 0 Å². The minimum atomic E-state index is -0.982. The first-order chi connectivity index (χ1) is 17.4. The Morgan fingerprint density at radius 3 is 2.69 bits per heavy atom. The first-order valence-electron chi connectivity index (χ1n) is 15.0. The van der Waals surface area contributed by atoms with Crippen LogP contribution in [0.3, 0.4) is 0 Å². The summed E-state index contributed by atoms with van der Waals surface area (Å²) < 4.78 is 30.9. The Morgan fingerprint density at radius 2 is 2.00 bits per heavy atom. The molecule has 8 rings (SSSR count). The van der Waals surface area contributed by atoms with Crippen molar-refractivity contribution in [2.75, 3.05) is 20.2 Å². The average Bonchev–Trinajstić information content (AvgIpc) is 3.63. The summed E-state index contributed by atoms with van der Waals surface area (Å²) in [5.74, 6) is 0.879. The van der Waals surface area contributed by atoms with Gasteiger partial charge in [-0.2, -0.15) is 0 Å². The summed E-state index contributed by atoms with van der Waals surface area (Å²) in [6, 6.07) is 0.287. The molecule has 5 aliphatic carbocycles. The molecule has 4 saturated carbocycles. The van der Waals surface area contributed by atoms with Gasteiger partial charge in [0.1, 0.15) is 11.7 Å². The number of hydrogen-bond donors (Lipinski definition) is 2. The third-order valence-electron chi connectivity index (χ3n) is 12.4. The number of methoxy groups -OCH3 is 1. The molecule has 0 radical (unpaired) electrons. The van der Waals surface area contributed by atoms with E-state index in [1.807, 2.05) is 6.92 Å². The van der Waals surface area contributed by atoms with E-state index in [0.717, 1.165) is 68.7 Å². The van der Waals surface area contributed by atoms with Crippen LogP contribution in [0.25, 0.3) is 0 Å². The topological polar surface area (TPSA) is 62.2 Å². The molecule has 1 saturated heterocycles. The van der Waals surface area contributed by atoms with E-state index in [9.17, 15) is 10.2 Å². The second-order valence-corrected chi connectivity index (χ2v) is 13.6. The minimum Gasteiger partial charge on any atom is -0.504 e. The van der Waals surface area contributed by atoms with Gasteiger partial charge >= 0.3 is 0 Å². The molecule has 5 nitrogen and oxygen atoms in total. The van der Waals surface area contributed by atoms with Crippen LogP contribution in [0.15, 0.2) is 12.1 Å². The molecule has 4 bridgehead atoms. The highest BCUT2D eigenvalue weighted by atomic mass is 16.6. The second-order valence-electron chi connectivity index (χ2n) is 13.6. The lowest BCUT2D eigenvalue weighted by Gasteiger charge is -2.75. The van der Waals surface area contributed by atoms with Crippen molar-refractivity contribution < 1.29 is 22.4 Å². The SMILES string of the molecule is [2H]c1c([2H])c2c3c(c1O)OC1[C@@]4(OC)CC[C@@]5(C[C@@H]4[C@](C)(O)C(C)(C)CC)[C@@H](C2)N(CC2CC2)CC[C@]315. The van der Waals surface area contributed by atoms with Gasteiger partial charge in [-0.15, -0.1) is 0 Å². The molecule has 1 aromatic carbocycles. The third-order valence-corrected chi connectivity index (χ3v) is 12.4. The van der Waals surface area contributed by atoms with Gasteiger partial charge in [-0.05, 0) is 87.8 Å². The van der Waals surface area contributed by atoms with E-state index < -0.39 is 11.2 Å². The number of ether oxygens (including phenoxy) is 2. The number of piperidine rings is 1. The highest BCUT2D eigenvalue weighted by molar-refractivity contribution is 5.63. The van der Waals surface area contributed by atoms with Crippen LogP contribution in [-0.2, 0) is 16.6 Å². The molecule has 5 fully saturated rings. The number of aliphatic hydroxyl groups is 1. The molecule has 7 atom stereocenters. The standard InChI is InChI=1S/C30H43NO4/c1-6-26(2,3)27(4,33)21-16-28-11-12-30(21,34-5)25-29(28)13-14-31(17-18-7-8-18)22(28)15-19-9-10-20(32)24(35-25)23(19)29/h9-10,18,21-22,25,32-33H,6-8,11-17H2,1-5H3/t21-,22-,25?,27+,28-,29+,30-/m1/s1/i9D,10D. The highest BCUT2D eigenvalue weighted by Gasteiger charge is 2.82. The molecule has 0 amide bonds. The highest BCUT2D eigenvalue weighted by Crippen LogP contribution is 2.78. The summed E-state index contributed by atoms with van der Waals surface area (Å²) in [4.78, 5) is 2.71. The van der Waals surface area contributed by atoms with E-state index in [4.69, 9.17) is 12.2 Å². The lowest BCUT2D eigenvalue weighted by molar-refractivity contribution is -0.313. The smallest absolute Gasteiger partial charge is 0.165 e. The number of aromatic hydroxyl groups is 1. The zero-order chi connectivity index (χ0) is 26.3. The van der Waals surface area contributed by atoms with E-state index in [1.165, 1.54) is 12.8 Å². The first kappa shape index (κ1) is 20.7. The van der Waals surface area contributed by atoms with E-state index in [2.05, 4.69) is 25.7 Å². The van der Waals surface area contributed by atoms with Gasteiger partial charge in [0.05, 0.1) is 8.34 Å². The molecular formula is C30H43NO4. The number of rotatable bonds is 6. The van der Waals surface area contributed by atoms with Crippen molar-refractivity contribution in [2.45, 2.75) is 108 Å². The predicted molar refractivity (Wildman–Crippen MR) is 135 cm³/mol. The summed E-state index contributed by atoms with van der Waals surface area (Å²) in [5, 5.41) is 23.6. The van der Waals surface area contributed by atoms with Gasteiger partial charge in [-0.1, -0.05) is 26.8 Å². The van der Waals surface area contributed by atoms with E-state index in [-0.39, 0.29) is 52.1 Å². The molecule has 35 heavy (non-hydrogen) atoms. The van der Waals surface area contributed by atoms with Crippen LogP contribution in [-0.4, -0.2) is 58.7 Å². The summed E-state index contributed by atoms with van der Waals surface area (Å²) in [5.41, 5.74) is -0.568. The number of likely N-dealkylation sites (tertiary alicyclic amines) is 1. The lowest BCUT2D eigenvalue weighted by Crippen LogP contribution is -2.83. The van der Waals surface area contributed by atoms with Crippen LogP contribution in [0.2, 0.25) is 0 Å². The van der Waals surface area contributed by atoms with Gasteiger partial charge in [-0.25, -0.2) is 0 Å². The summed E-state index contributed by atoms with van der Waals surface area (Å²) in [6.07, 6.45) is 7.43. The van der Waals surface area contributed by atoms with Crippen LogP contribution in [0.5, 0.6) is 11.5 Å². The number of phenolic OH excluding ortho intramolecular Hbond substituents is 1. The van der Waals surface area contributed by atoms with Crippen molar-refractivity contribution in [1.82, 2.24) is 4.90 Å². The molecule has 0 aromatic heterocycles. The molecule has 1 aromatic rings. The van der Waals surface area contributed by atoms with Crippen LogP contribution in [0, 0.1) is 22.7 Å². The summed E-state index contributed by atoms with van der Waals surface area (Å²) in [6.45, 7) is 10.6. The maximum absolute atomic E-state index is 12.4. The van der Waals surface area contributed by atoms with Gasteiger partial charge in [0.2, 0.25) is 0 Å². The van der Waals surface area contributed by atoms with Crippen molar-refractivity contribution in [1.29, 1.82) is 0 Å². The molecule has 5 heteroatoms. The first-order valence-corrected chi connectivity index (χ1v) is 14.0. The average molecular weight is 484 g/mol. The molecule has 2 N–H and O–H groups in total. The monoisotopic (exact) mass is 483 g/mol. The second kappa shape index (κ2) is 6.76. The number of fused-ring (bicyclic) bond motifs is 2. The zero-order valence-corrected chi connectivity index (χ0v) is 22.0. The van der Waals surface area contributed by atoms with Crippen molar-refractivity contribution in [3.63, 3.8) is 0 Å². The van der Waals surface area contributed by atoms with Crippen molar-refractivity contribution >= 4 is 0 Å². The van der Waals surface area contributed by atoms with E-state index in [1.54, 1.807) is 7.11 Å². The molecule has 7 aliphatic rings. The van der Waals surface area contributed by atoms with Crippen LogP contribution in [0.1, 0.15) is 86.5 Å². The van der Waals surface area contributed by atoms with Gasteiger partial charge in [-0.3, -0.25) is 4.90 Å². The molecular weight excluding hydrogens is 438 g/mol. The van der Waals surface area contributed by atoms with Crippen molar-refractivity contribution in [3.05, 3.63) is 23.2 Å². The van der Waals surface area contributed by atoms with Crippen LogP contribution < -0.4 is 4.74 Å². The fourth-order valence-corrected chi connectivity index (χ4v) is 9.73. The fraction of sp³-hybridized carbons (Fsp3) is 0.800. The van der Waals surface area contributed by atoms with Gasteiger partial charge in [0.15, 0.2) is 11.5 Å². The third kappa shape index (κ3) is 2.43. The molecule has 192 valence electrons. The maximum atomic E-state index is 12.4. The van der Waals surface area contributed by atoms with Crippen LogP contribution in [0.4, 0.5) is 0 Å². The zero-order valence-electron chi connectivity index (χ0n) is 24.0. The Morgan fingerprint density at radius 1 is 1.23 bits per heavy atom. The van der Waals surface area contributed by atoms with Crippen molar-refractivity contribution in [3.8, 4) is 11.5 Å². The Kier molecular flexibility index (Phi) is 4.00. The number of hydrogen-bond acceptors (Lipinski definition) is 5. The minimum absolute atomic E-state index is 0.121. The summed E-state index contributed by atoms with van der Waals surface area (Å²) >= 11 is 0. The molecule has 1 unspecified atom stereocenters. The maximum Gasteiger partial charge on any atom is 0.165 e. The Hall–Kier alpha value is -1.30. The van der Waals surface area contributed by atoms with Gasteiger partial charge in [0, 0.05) is 42.0 Å². The number of phenols is 1. The Balaban J connectivity index is 1.49. The van der Waals surface area contributed by atoms with Gasteiger partial charge in [0.25, 0.3) is 0 Å². The van der Waals surface area contributed by atoms with E-state index in [0.29, 0.717) is 5.75 Å². The number of nitrogens with zero attached hydrogens (tertiary/aromatic N) is 1. The predicted octanol–water partition coefficient (Wildman–Crippen LogP) is 4.80. The van der Waals surface area contributed by atoms with E-state index >= 15 is 0 Å². The summed E-state index contributed by atoms with van der Waals surface area (Å²) in [7, 11) is 1.78. The van der Waals surface area contributed by atoms with Gasteiger partial charge < -0.3 is 19.7 Å². The Bertz CT molecular complexity index is 1180. The largest absolute Gasteiger partial charge is 0.504 e. The molecule has 2 aliphatic heterocycles. The number of benzene rings is 1. The Labute approximate surface area is 213 Å².